The maximum absolute atomic E-state index is 12.5. The van der Waals surface area contributed by atoms with Gasteiger partial charge in [0.1, 0.15) is 0 Å². The predicted octanol–water partition coefficient (Wildman–Crippen LogP) is 0.219. The molecular formula is C14H21N5O. The van der Waals surface area contributed by atoms with Crippen LogP contribution in [0.15, 0.2) is 18.5 Å². The molecule has 0 saturated carbocycles. The number of carbonyl (C=O) groups is 1. The van der Waals surface area contributed by atoms with E-state index in [9.17, 15) is 4.79 Å². The minimum atomic E-state index is 0.0922. The molecule has 1 aromatic rings. The molecule has 0 radical (unpaired) electrons. The van der Waals surface area contributed by atoms with Crippen molar-refractivity contribution in [1.82, 2.24) is 19.8 Å². The standard InChI is InChI=1S/C14H21N5O/c1-17-7-2-4-12(17)13(20)18-8-10-19(11-9-18)14-15-5-3-6-16-14/h3,5-6,12H,2,4,7-11H2,1H3. The molecule has 6 nitrogen and oxygen atoms in total. The summed E-state index contributed by atoms with van der Waals surface area (Å²) in [6.07, 6.45) is 5.64. The van der Waals surface area contributed by atoms with Crippen molar-refractivity contribution in [3.63, 3.8) is 0 Å². The zero-order valence-electron chi connectivity index (χ0n) is 11.9. The molecule has 0 spiro atoms. The molecule has 20 heavy (non-hydrogen) atoms. The molecule has 0 aliphatic carbocycles. The molecular weight excluding hydrogens is 254 g/mol. The first-order chi connectivity index (χ1) is 9.75. The molecule has 2 aliphatic rings. The molecule has 1 amide bonds. The van der Waals surface area contributed by atoms with Gasteiger partial charge in [-0.3, -0.25) is 9.69 Å². The number of amides is 1. The van der Waals surface area contributed by atoms with Crippen LogP contribution in [-0.4, -0.2) is 71.5 Å². The summed E-state index contributed by atoms with van der Waals surface area (Å²) in [5.41, 5.74) is 0. The molecule has 2 aliphatic heterocycles. The van der Waals surface area contributed by atoms with Gasteiger partial charge in [-0.1, -0.05) is 0 Å². The molecule has 3 heterocycles. The van der Waals surface area contributed by atoms with E-state index in [2.05, 4.69) is 19.8 Å². The Hall–Kier alpha value is -1.69. The van der Waals surface area contributed by atoms with Crippen LogP contribution in [0, 0.1) is 0 Å². The number of hydrogen-bond donors (Lipinski definition) is 0. The van der Waals surface area contributed by atoms with Gasteiger partial charge in [0.25, 0.3) is 0 Å². The highest BCUT2D eigenvalue weighted by Gasteiger charge is 2.32. The van der Waals surface area contributed by atoms with E-state index in [-0.39, 0.29) is 6.04 Å². The molecule has 0 N–H and O–H groups in total. The van der Waals surface area contributed by atoms with Crippen LogP contribution in [-0.2, 0) is 4.79 Å². The van der Waals surface area contributed by atoms with Crippen LogP contribution in [0.3, 0.4) is 0 Å². The summed E-state index contributed by atoms with van der Waals surface area (Å²) in [4.78, 5) is 27.3. The summed E-state index contributed by atoms with van der Waals surface area (Å²) >= 11 is 0. The quantitative estimate of drug-likeness (QED) is 0.773. The summed E-state index contributed by atoms with van der Waals surface area (Å²) in [6.45, 7) is 4.19. The van der Waals surface area contributed by atoms with Gasteiger partial charge in [-0.25, -0.2) is 9.97 Å². The van der Waals surface area contributed by atoms with Gasteiger partial charge in [0.2, 0.25) is 11.9 Å². The van der Waals surface area contributed by atoms with E-state index in [0.717, 1.165) is 51.5 Å². The third kappa shape index (κ3) is 2.60. The van der Waals surface area contributed by atoms with Crippen LogP contribution in [0.5, 0.6) is 0 Å². The Balaban J connectivity index is 1.57. The Bertz CT molecular complexity index is 458. The minimum Gasteiger partial charge on any atom is -0.338 e. The number of likely N-dealkylation sites (tertiary alicyclic amines) is 1. The Labute approximate surface area is 119 Å². The maximum atomic E-state index is 12.5. The Kier molecular flexibility index (Phi) is 3.82. The highest BCUT2D eigenvalue weighted by Crippen LogP contribution is 2.18. The van der Waals surface area contributed by atoms with Gasteiger partial charge in [-0.15, -0.1) is 0 Å². The van der Waals surface area contributed by atoms with Crippen LogP contribution >= 0.6 is 0 Å². The van der Waals surface area contributed by atoms with Crippen molar-refractivity contribution in [2.75, 3.05) is 44.7 Å². The lowest BCUT2D eigenvalue weighted by molar-refractivity contribution is -0.135. The van der Waals surface area contributed by atoms with E-state index < -0.39 is 0 Å². The zero-order valence-corrected chi connectivity index (χ0v) is 11.9. The SMILES string of the molecule is CN1CCCC1C(=O)N1CCN(c2ncccn2)CC1. The van der Waals surface area contributed by atoms with Gasteiger partial charge < -0.3 is 9.80 Å². The first-order valence-corrected chi connectivity index (χ1v) is 7.27. The first-order valence-electron chi connectivity index (χ1n) is 7.27. The molecule has 3 rings (SSSR count). The molecule has 2 saturated heterocycles. The second kappa shape index (κ2) is 5.75. The number of nitrogens with zero attached hydrogens (tertiary/aromatic N) is 5. The van der Waals surface area contributed by atoms with Gasteiger partial charge in [-0.2, -0.15) is 0 Å². The lowest BCUT2D eigenvalue weighted by Gasteiger charge is -2.36. The van der Waals surface area contributed by atoms with Crippen molar-refractivity contribution in [2.45, 2.75) is 18.9 Å². The van der Waals surface area contributed by atoms with E-state index in [0.29, 0.717) is 5.91 Å². The number of likely N-dealkylation sites (N-methyl/N-ethyl adjacent to an activating group) is 1. The minimum absolute atomic E-state index is 0.0922. The number of piperazine rings is 1. The van der Waals surface area contributed by atoms with Crippen molar-refractivity contribution in [2.24, 2.45) is 0 Å². The van der Waals surface area contributed by atoms with Crippen molar-refractivity contribution < 1.29 is 4.79 Å². The predicted molar refractivity (Wildman–Crippen MR) is 76.5 cm³/mol. The van der Waals surface area contributed by atoms with E-state index >= 15 is 0 Å². The number of anilines is 1. The fourth-order valence-electron chi connectivity index (χ4n) is 3.01. The summed E-state index contributed by atoms with van der Waals surface area (Å²) in [5, 5.41) is 0. The van der Waals surface area contributed by atoms with Crippen molar-refractivity contribution >= 4 is 11.9 Å². The topological polar surface area (TPSA) is 52.6 Å². The number of carbonyl (C=O) groups excluding carboxylic acids is 1. The Morgan fingerprint density at radius 1 is 1.15 bits per heavy atom. The number of hydrogen-bond acceptors (Lipinski definition) is 5. The highest BCUT2D eigenvalue weighted by atomic mass is 16.2. The molecule has 1 atom stereocenters. The lowest BCUT2D eigenvalue weighted by Crippen LogP contribution is -2.53. The molecule has 0 aromatic carbocycles. The largest absolute Gasteiger partial charge is 0.338 e. The highest BCUT2D eigenvalue weighted by molar-refractivity contribution is 5.82. The van der Waals surface area contributed by atoms with Gasteiger partial charge in [-0.05, 0) is 32.5 Å². The summed E-state index contributed by atoms with van der Waals surface area (Å²) in [5.74, 6) is 1.05. The monoisotopic (exact) mass is 275 g/mol. The van der Waals surface area contributed by atoms with Gasteiger partial charge in [0, 0.05) is 38.6 Å². The Morgan fingerprint density at radius 2 is 1.85 bits per heavy atom. The van der Waals surface area contributed by atoms with E-state index in [1.807, 2.05) is 18.0 Å². The fourth-order valence-corrected chi connectivity index (χ4v) is 3.01. The zero-order chi connectivity index (χ0) is 13.9. The smallest absolute Gasteiger partial charge is 0.240 e. The van der Waals surface area contributed by atoms with Gasteiger partial charge >= 0.3 is 0 Å². The maximum Gasteiger partial charge on any atom is 0.240 e. The Morgan fingerprint density at radius 3 is 2.45 bits per heavy atom. The van der Waals surface area contributed by atoms with Crippen LogP contribution in [0.4, 0.5) is 5.95 Å². The second-order valence-corrected chi connectivity index (χ2v) is 5.50. The molecule has 1 aromatic heterocycles. The van der Waals surface area contributed by atoms with Gasteiger partial charge in [0.05, 0.1) is 6.04 Å². The average molecular weight is 275 g/mol. The molecule has 2 fully saturated rings. The molecule has 6 heteroatoms. The summed E-state index contributed by atoms with van der Waals surface area (Å²) in [7, 11) is 2.05. The van der Waals surface area contributed by atoms with Crippen molar-refractivity contribution in [3.8, 4) is 0 Å². The van der Waals surface area contributed by atoms with Crippen LogP contribution in [0.2, 0.25) is 0 Å². The fraction of sp³-hybridized carbons (Fsp3) is 0.643. The van der Waals surface area contributed by atoms with Crippen LogP contribution in [0.1, 0.15) is 12.8 Å². The third-order valence-electron chi connectivity index (χ3n) is 4.23. The normalized spacial score (nSPS) is 24.1. The van der Waals surface area contributed by atoms with E-state index in [1.54, 1.807) is 12.4 Å². The number of rotatable bonds is 2. The molecule has 1 unspecified atom stereocenters. The lowest BCUT2D eigenvalue weighted by atomic mass is 10.2. The average Bonchev–Trinajstić information content (AvgIpc) is 2.94. The van der Waals surface area contributed by atoms with Gasteiger partial charge in [0.15, 0.2) is 0 Å². The van der Waals surface area contributed by atoms with E-state index in [1.165, 1.54) is 0 Å². The van der Waals surface area contributed by atoms with Crippen LogP contribution in [0.25, 0.3) is 0 Å². The summed E-state index contributed by atoms with van der Waals surface area (Å²) < 4.78 is 0. The second-order valence-electron chi connectivity index (χ2n) is 5.50. The van der Waals surface area contributed by atoms with Crippen molar-refractivity contribution in [3.05, 3.63) is 18.5 Å². The summed E-state index contributed by atoms with van der Waals surface area (Å²) in [6, 6.07) is 1.91. The molecule has 0 bridgehead atoms. The third-order valence-corrected chi connectivity index (χ3v) is 4.23. The first kappa shape index (κ1) is 13.3. The van der Waals surface area contributed by atoms with Crippen LogP contribution < -0.4 is 4.90 Å². The number of aromatic nitrogens is 2. The van der Waals surface area contributed by atoms with E-state index in [4.69, 9.17) is 0 Å². The molecule has 108 valence electrons. The van der Waals surface area contributed by atoms with Crippen molar-refractivity contribution in [1.29, 1.82) is 0 Å².